The molecule has 0 spiro atoms. The second-order valence-electron chi connectivity index (χ2n) is 5.06. The van der Waals surface area contributed by atoms with Crippen molar-refractivity contribution in [2.45, 2.75) is 25.8 Å². The Labute approximate surface area is 125 Å². The molecule has 1 amide bonds. The third-order valence-electron chi connectivity index (χ3n) is 3.19. The summed E-state index contributed by atoms with van der Waals surface area (Å²) in [5, 5.41) is 0.680. The van der Waals surface area contributed by atoms with Crippen molar-refractivity contribution in [3.8, 4) is 0 Å². The minimum atomic E-state index is -3.10. The molecule has 0 saturated heterocycles. The van der Waals surface area contributed by atoms with Crippen LogP contribution in [0.5, 0.6) is 0 Å². The van der Waals surface area contributed by atoms with Crippen molar-refractivity contribution in [2.75, 3.05) is 19.1 Å². The Morgan fingerprint density at radius 2 is 1.85 bits per heavy atom. The molecule has 1 rings (SSSR count). The molecule has 0 aromatic heterocycles. The van der Waals surface area contributed by atoms with Crippen LogP contribution in [0, 0.1) is 0 Å². The van der Waals surface area contributed by atoms with Gasteiger partial charge in [-0.05, 0) is 31.0 Å². The van der Waals surface area contributed by atoms with Gasteiger partial charge in [0.15, 0.2) is 0 Å². The molecule has 0 saturated carbocycles. The van der Waals surface area contributed by atoms with Gasteiger partial charge in [-0.25, -0.2) is 8.42 Å². The summed E-state index contributed by atoms with van der Waals surface area (Å²) in [6, 6.07) is 7.48. The lowest BCUT2D eigenvalue weighted by molar-refractivity contribution is -0.131. The smallest absolute Gasteiger partial charge is 0.223 e. The van der Waals surface area contributed by atoms with Crippen LogP contribution >= 0.6 is 11.6 Å². The molecule has 0 N–H and O–H groups in total. The zero-order chi connectivity index (χ0) is 15.3. The van der Waals surface area contributed by atoms with E-state index in [9.17, 15) is 13.2 Å². The molecule has 0 heterocycles. The Kier molecular flexibility index (Phi) is 6.02. The molecule has 20 heavy (non-hydrogen) atoms. The van der Waals surface area contributed by atoms with E-state index in [-0.39, 0.29) is 24.1 Å². The van der Waals surface area contributed by atoms with Gasteiger partial charge in [-0.1, -0.05) is 23.7 Å². The summed E-state index contributed by atoms with van der Waals surface area (Å²) in [5.41, 5.74) is 1.09. The molecule has 1 atom stereocenters. The predicted octanol–water partition coefficient (Wildman–Crippen LogP) is 2.16. The molecule has 0 aliphatic rings. The third-order valence-corrected chi connectivity index (χ3v) is 4.38. The van der Waals surface area contributed by atoms with E-state index in [0.717, 1.165) is 11.8 Å². The maximum atomic E-state index is 11.9. The molecule has 112 valence electrons. The second-order valence-corrected chi connectivity index (χ2v) is 7.76. The van der Waals surface area contributed by atoms with E-state index in [2.05, 4.69) is 0 Å². The normalized spacial score (nSPS) is 13.0. The summed E-state index contributed by atoms with van der Waals surface area (Å²) in [7, 11) is -1.40. The molecular formula is C14H20ClNO3S. The first kappa shape index (κ1) is 17.0. The highest BCUT2D eigenvalue weighted by Gasteiger charge is 2.17. The average molecular weight is 318 g/mol. The highest BCUT2D eigenvalue weighted by atomic mass is 35.5. The van der Waals surface area contributed by atoms with E-state index >= 15 is 0 Å². The SMILES string of the molecule is CC(Cc1ccc(Cl)cc1)N(C)C(=O)CCS(C)(=O)=O. The third kappa shape index (κ3) is 5.92. The fourth-order valence-electron chi connectivity index (χ4n) is 1.79. The number of carbonyl (C=O) groups is 1. The quantitative estimate of drug-likeness (QED) is 0.808. The number of sulfone groups is 1. The topological polar surface area (TPSA) is 54.5 Å². The molecule has 0 radical (unpaired) electrons. The Morgan fingerprint density at radius 3 is 2.35 bits per heavy atom. The first-order valence-corrected chi connectivity index (χ1v) is 8.80. The molecule has 0 aliphatic carbocycles. The standard InChI is InChI=1S/C14H20ClNO3S/c1-11(10-12-4-6-13(15)7-5-12)16(2)14(17)8-9-20(3,18)19/h4-7,11H,8-10H2,1-3H3. The summed E-state index contributed by atoms with van der Waals surface area (Å²) in [6.07, 6.45) is 1.87. The number of hydrogen-bond acceptors (Lipinski definition) is 3. The maximum Gasteiger partial charge on any atom is 0.223 e. The first-order valence-electron chi connectivity index (χ1n) is 6.37. The van der Waals surface area contributed by atoms with Gasteiger partial charge >= 0.3 is 0 Å². The summed E-state index contributed by atoms with van der Waals surface area (Å²) >= 11 is 5.82. The van der Waals surface area contributed by atoms with E-state index in [0.29, 0.717) is 11.4 Å². The summed E-state index contributed by atoms with van der Waals surface area (Å²) in [4.78, 5) is 13.5. The predicted molar refractivity (Wildman–Crippen MR) is 81.7 cm³/mol. The van der Waals surface area contributed by atoms with Crippen LogP contribution in [0.2, 0.25) is 5.02 Å². The van der Waals surface area contributed by atoms with Crippen LogP contribution in [0.15, 0.2) is 24.3 Å². The van der Waals surface area contributed by atoms with Gasteiger partial charge < -0.3 is 4.90 Å². The lowest BCUT2D eigenvalue weighted by Gasteiger charge is -2.25. The molecule has 1 aromatic carbocycles. The number of carbonyl (C=O) groups excluding carboxylic acids is 1. The van der Waals surface area contributed by atoms with Gasteiger partial charge in [0.2, 0.25) is 5.91 Å². The lowest BCUT2D eigenvalue weighted by atomic mass is 10.1. The van der Waals surface area contributed by atoms with E-state index in [1.54, 1.807) is 11.9 Å². The highest BCUT2D eigenvalue weighted by molar-refractivity contribution is 7.90. The monoisotopic (exact) mass is 317 g/mol. The van der Waals surface area contributed by atoms with Crippen molar-refractivity contribution in [1.82, 2.24) is 4.90 Å². The van der Waals surface area contributed by atoms with Crippen LogP contribution in [-0.2, 0) is 21.1 Å². The van der Waals surface area contributed by atoms with Crippen molar-refractivity contribution < 1.29 is 13.2 Å². The van der Waals surface area contributed by atoms with E-state index < -0.39 is 9.84 Å². The number of amides is 1. The Hall–Kier alpha value is -1.07. The number of rotatable bonds is 6. The molecule has 1 aromatic rings. The molecule has 6 heteroatoms. The van der Waals surface area contributed by atoms with Gasteiger partial charge in [0.05, 0.1) is 5.75 Å². The number of nitrogens with zero attached hydrogens (tertiary/aromatic N) is 1. The van der Waals surface area contributed by atoms with E-state index in [1.807, 2.05) is 31.2 Å². The molecule has 0 bridgehead atoms. The van der Waals surface area contributed by atoms with Crippen LogP contribution in [0.25, 0.3) is 0 Å². The van der Waals surface area contributed by atoms with Crippen LogP contribution in [-0.4, -0.2) is 44.3 Å². The van der Waals surface area contributed by atoms with Crippen molar-refractivity contribution >= 4 is 27.3 Å². The van der Waals surface area contributed by atoms with Crippen molar-refractivity contribution in [3.05, 3.63) is 34.9 Å². The molecule has 0 aliphatic heterocycles. The van der Waals surface area contributed by atoms with Gasteiger partial charge in [0.1, 0.15) is 9.84 Å². The Balaban J connectivity index is 2.55. The fourth-order valence-corrected chi connectivity index (χ4v) is 2.46. The summed E-state index contributed by atoms with van der Waals surface area (Å²) < 4.78 is 22.1. The largest absolute Gasteiger partial charge is 0.343 e. The second kappa shape index (κ2) is 7.09. The fraction of sp³-hybridized carbons (Fsp3) is 0.500. The lowest BCUT2D eigenvalue weighted by Crippen LogP contribution is -2.37. The van der Waals surface area contributed by atoms with Crippen molar-refractivity contribution in [2.24, 2.45) is 0 Å². The number of halogens is 1. The van der Waals surface area contributed by atoms with Gasteiger partial charge in [-0.2, -0.15) is 0 Å². The average Bonchev–Trinajstić information content (AvgIpc) is 2.36. The van der Waals surface area contributed by atoms with Crippen LogP contribution in [0.4, 0.5) is 0 Å². The molecular weight excluding hydrogens is 298 g/mol. The van der Waals surface area contributed by atoms with Crippen LogP contribution in [0.3, 0.4) is 0 Å². The molecule has 1 unspecified atom stereocenters. The number of hydrogen-bond donors (Lipinski definition) is 0. The minimum absolute atomic E-state index is 0.00300. The highest BCUT2D eigenvalue weighted by Crippen LogP contribution is 2.13. The zero-order valence-corrected chi connectivity index (χ0v) is 13.5. The number of benzene rings is 1. The summed E-state index contributed by atoms with van der Waals surface area (Å²) in [5.74, 6) is -0.263. The minimum Gasteiger partial charge on any atom is -0.343 e. The zero-order valence-electron chi connectivity index (χ0n) is 12.0. The van der Waals surface area contributed by atoms with Crippen molar-refractivity contribution in [3.63, 3.8) is 0 Å². The van der Waals surface area contributed by atoms with Crippen LogP contribution in [0.1, 0.15) is 18.9 Å². The Morgan fingerprint density at radius 1 is 1.30 bits per heavy atom. The van der Waals surface area contributed by atoms with Gasteiger partial charge in [0, 0.05) is 30.8 Å². The van der Waals surface area contributed by atoms with E-state index in [1.165, 1.54) is 0 Å². The van der Waals surface area contributed by atoms with Crippen molar-refractivity contribution in [1.29, 1.82) is 0 Å². The number of likely N-dealkylation sites (N-methyl/N-ethyl adjacent to an activating group) is 1. The summed E-state index contributed by atoms with van der Waals surface area (Å²) in [6.45, 7) is 1.94. The Bertz CT molecular complexity index is 554. The first-order chi connectivity index (χ1) is 9.19. The van der Waals surface area contributed by atoms with Crippen LogP contribution < -0.4 is 0 Å². The van der Waals surface area contributed by atoms with E-state index in [4.69, 9.17) is 11.6 Å². The van der Waals surface area contributed by atoms with Gasteiger partial charge in [-0.15, -0.1) is 0 Å². The van der Waals surface area contributed by atoms with Gasteiger partial charge in [0.25, 0.3) is 0 Å². The van der Waals surface area contributed by atoms with Gasteiger partial charge in [-0.3, -0.25) is 4.79 Å². The maximum absolute atomic E-state index is 11.9. The molecule has 4 nitrogen and oxygen atoms in total. The molecule has 0 fully saturated rings.